The third kappa shape index (κ3) is 5.96. The quantitative estimate of drug-likeness (QED) is 0.270. The number of carbonyl (C=O) groups is 1. The van der Waals surface area contributed by atoms with Gasteiger partial charge < -0.3 is 19.3 Å². The number of fused-ring (bicyclic) bond motifs is 1. The molecule has 0 amide bonds. The molecule has 0 bridgehead atoms. The summed E-state index contributed by atoms with van der Waals surface area (Å²) < 4.78 is 32.7. The van der Waals surface area contributed by atoms with E-state index in [1.807, 2.05) is 36.4 Å². The normalized spacial score (nSPS) is 16.4. The summed E-state index contributed by atoms with van der Waals surface area (Å²) in [6, 6.07) is 16.7. The monoisotopic (exact) mass is 534 g/mol. The summed E-state index contributed by atoms with van der Waals surface area (Å²) in [6.45, 7) is 8.50. The lowest BCUT2D eigenvalue weighted by Gasteiger charge is -2.34. The molecule has 3 aromatic rings. The molecule has 208 valence electrons. The minimum Gasteiger partial charge on any atom is -0.497 e. The Balaban J connectivity index is 1.68. The van der Waals surface area contributed by atoms with Crippen LogP contribution in [0.2, 0.25) is 0 Å². The van der Waals surface area contributed by atoms with E-state index in [4.69, 9.17) is 14.2 Å². The van der Waals surface area contributed by atoms with Gasteiger partial charge in [-0.3, -0.25) is 4.79 Å². The van der Waals surface area contributed by atoms with Gasteiger partial charge in [-0.25, -0.2) is 4.39 Å². The van der Waals surface area contributed by atoms with Crippen molar-refractivity contribution in [2.45, 2.75) is 65.6 Å². The SMILES string of the molecule is CCC(C)(C)[C@@H](OC)c1cc(COc2ccc3c(c2)[C@H]([C@@H](C)C(=O)O)CC3)ccc1-c1cc(OC)ccc1F. The van der Waals surface area contributed by atoms with Crippen molar-refractivity contribution >= 4 is 5.97 Å². The van der Waals surface area contributed by atoms with Gasteiger partial charge in [-0.2, -0.15) is 0 Å². The van der Waals surface area contributed by atoms with Crippen molar-refractivity contribution < 1.29 is 28.5 Å². The van der Waals surface area contributed by atoms with E-state index < -0.39 is 11.9 Å². The van der Waals surface area contributed by atoms with Gasteiger partial charge in [0.15, 0.2) is 0 Å². The zero-order valence-corrected chi connectivity index (χ0v) is 23.7. The number of halogens is 1. The van der Waals surface area contributed by atoms with Crippen LogP contribution in [0.25, 0.3) is 11.1 Å². The number of methoxy groups -OCH3 is 2. The molecule has 3 atom stereocenters. The molecule has 0 unspecified atom stereocenters. The van der Waals surface area contributed by atoms with Gasteiger partial charge in [-0.15, -0.1) is 0 Å². The van der Waals surface area contributed by atoms with Crippen LogP contribution in [0.3, 0.4) is 0 Å². The zero-order valence-electron chi connectivity index (χ0n) is 23.7. The molecule has 1 aliphatic rings. The fourth-order valence-electron chi connectivity index (χ4n) is 5.61. The number of hydrogen-bond acceptors (Lipinski definition) is 4. The second kappa shape index (κ2) is 11.8. The van der Waals surface area contributed by atoms with Crippen molar-refractivity contribution in [2.75, 3.05) is 14.2 Å². The highest BCUT2D eigenvalue weighted by Gasteiger charge is 2.33. The second-order valence-electron chi connectivity index (χ2n) is 11.1. The van der Waals surface area contributed by atoms with Gasteiger partial charge in [-0.1, -0.05) is 45.9 Å². The molecule has 1 N–H and O–H groups in total. The Kier molecular flexibility index (Phi) is 8.65. The van der Waals surface area contributed by atoms with Gasteiger partial charge in [-0.05, 0) is 94.8 Å². The molecule has 1 aliphatic carbocycles. The predicted molar refractivity (Wildman–Crippen MR) is 151 cm³/mol. The third-order valence-electron chi connectivity index (χ3n) is 8.36. The molecule has 0 fully saturated rings. The van der Waals surface area contributed by atoms with E-state index in [0.29, 0.717) is 23.7 Å². The topological polar surface area (TPSA) is 65.0 Å². The van der Waals surface area contributed by atoms with Crippen LogP contribution in [0.4, 0.5) is 4.39 Å². The Morgan fingerprint density at radius 3 is 2.46 bits per heavy atom. The van der Waals surface area contributed by atoms with Gasteiger partial charge in [0.1, 0.15) is 23.9 Å². The third-order valence-corrected chi connectivity index (χ3v) is 8.36. The summed E-state index contributed by atoms with van der Waals surface area (Å²) in [5, 5.41) is 9.53. The number of aryl methyl sites for hydroxylation is 1. The highest BCUT2D eigenvalue weighted by Crippen LogP contribution is 2.44. The van der Waals surface area contributed by atoms with E-state index >= 15 is 4.39 Å². The lowest BCUT2D eigenvalue weighted by Crippen LogP contribution is -2.24. The van der Waals surface area contributed by atoms with Gasteiger partial charge in [0.2, 0.25) is 0 Å². The van der Waals surface area contributed by atoms with Crippen molar-refractivity contribution in [1.29, 1.82) is 0 Å². The Labute approximate surface area is 230 Å². The number of carboxylic acid groups (broad SMARTS) is 1. The fourth-order valence-corrected chi connectivity index (χ4v) is 5.61. The molecular formula is C33H39FO5. The van der Waals surface area contributed by atoms with Crippen LogP contribution < -0.4 is 9.47 Å². The molecule has 0 saturated heterocycles. The van der Waals surface area contributed by atoms with Gasteiger partial charge in [0.25, 0.3) is 0 Å². The van der Waals surface area contributed by atoms with E-state index in [-0.39, 0.29) is 23.3 Å². The Bertz CT molecular complexity index is 1330. The molecule has 0 saturated carbocycles. The maximum atomic E-state index is 15.1. The molecule has 5 nitrogen and oxygen atoms in total. The molecule has 0 spiro atoms. The van der Waals surface area contributed by atoms with Crippen molar-refractivity contribution in [3.8, 4) is 22.6 Å². The zero-order chi connectivity index (χ0) is 28.3. The highest BCUT2D eigenvalue weighted by molar-refractivity contribution is 5.72. The first-order valence-electron chi connectivity index (χ1n) is 13.6. The highest BCUT2D eigenvalue weighted by atomic mass is 19.1. The Morgan fingerprint density at radius 2 is 1.79 bits per heavy atom. The first-order valence-corrected chi connectivity index (χ1v) is 13.6. The van der Waals surface area contributed by atoms with Crippen LogP contribution in [0.1, 0.15) is 74.8 Å². The number of aliphatic carboxylic acids is 1. The van der Waals surface area contributed by atoms with Gasteiger partial charge in [0, 0.05) is 12.7 Å². The molecule has 6 heteroatoms. The summed E-state index contributed by atoms with van der Waals surface area (Å²) in [5.41, 5.74) is 5.10. The number of rotatable bonds is 11. The lowest BCUT2D eigenvalue weighted by atomic mass is 9.77. The minimum atomic E-state index is -0.776. The first-order chi connectivity index (χ1) is 18.6. The molecule has 0 aliphatic heterocycles. The van der Waals surface area contributed by atoms with Crippen LogP contribution >= 0.6 is 0 Å². The molecule has 39 heavy (non-hydrogen) atoms. The van der Waals surface area contributed by atoms with Gasteiger partial charge >= 0.3 is 5.97 Å². The van der Waals surface area contributed by atoms with E-state index in [9.17, 15) is 9.90 Å². The Morgan fingerprint density at radius 1 is 1.05 bits per heavy atom. The summed E-state index contributed by atoms with van der Waals surface area (Å²) in [7, 11) is 3.26. The summed E-state index contributed by atoms with van der Waals surface area (Å²) in [5.74, 6) is -0.263. The molecule has 3 aromatic carbocycles. The molecule has 0 radical (unpaired) electrons. The van der Waals surface area contributed by atoms with Crippen LogP contribution in [-0.4, -0.2) is 25.3 Å². The van der Waals surface area contributed by atoms with E-state index in [1.54, 1.807) is 33.3 Å². The predicted octanol–water partition coefficient (Wildman–Crippen LogP) is 7.95. The Hall–Kier alpha value is -3.38. The maximum Gasteiger partial charge on any atom is 0.306 e. The maximum absolute atomic E-state index is 15.1. The lowest BCUT2D eigenvalue weighted by molar-refractivity contribution is -0.141. The average Bonchev–Trinajstić information content (AvgIpc) is 3.35. The standard InChI is InChI=1S/C33H39FO5/c1-7-33(3,4)31(38-6)29-16-21(8-13-26(29)28-17-23(37-5)12-15-30(28)34)19-39-24-11-9-22-10-14-25(27(22)18-24)20(2)32(35)36/h8-9,11-13,15-18,20,25,31H,7,10,14,19H2,1-6H3,(H,35,36)/t20-,25+,31+/m1/s1. The molecule has 0 aromatic heterocycles. The van der Waals surface area contributed by atoms with Crippen LogP contribution in [0, 0.1) is 17.2 Å². The van der Waals surface area contributed by atoms with Crippen LogP contribution in [0.15, 0.2) is 54.6 Å². The largest absolute Gasteiger partial charge is 0.497 e. The smallest absolute Gasteiger partial charge is 0.306 e. The molecule has 4 rings (SSSR count). The van der Waals surface area contributed by atoms with Crippen LogP contribution in [-0.2, 0) is 22.6 Å². The van der Waals surface area contributed by atoms with E-state index in [1.165, 1.54) is 11.6 Å². The van der Waals surface area contributed by atoms with E-state index in [0.717, 1.165) is 41.5 Å². The number of carboxylic acids is 1. The van der Waals surface area contributed by atoms with E-state index in [2.05, 4.69) is 20.8 Å². The van der Waals surface area contributed by atoms with Crippen molar-refractivity contribution in [1.82, 2.24) is 0 Å². The fraction of sp³-hybridized carbons (Fsp3) is 0.424. The van der Waals surface area contributed by atoms with Crippen molar-refractivity contribution in [3.63, 3.8) is 0 Å². The molecular weight excluding hydrogens is 495 g/mol. The van der Waals surface area contributed by atoms with Gasteiger partial charge in [0.05, 0.1) is 19.1 Å². The van der Waals surface area contributed by atoms with Crippen molar-refractivity contribution in [2.24, 2.45) is 11.3 Å². The molecule has 0 heterocycles. The first kappa shape index (κ1) is 28.6. The second-order valence-corrected chi connectivity index (χ2v) is 11.1. The summed E-state index contributed by atoms with van der Waals surface area (Å²) >= 11 is 0. The summed E-state index contributed by atoms with van der Waals surface area (Å²) in [4.78, 5) is 11.6. The average molecular weight is 535 g/mol. The number of hydrogen-bond donors (Lipinski definition) is 1. The number of ether oxygens (including phenoxy) is 3. The summed E-state index contributed by atoms with van der Waals surface area (Å²) in [6.07, 6.45) is 2.32. The van der Waals surface area contributed by atoms with Crippen LogP contribution in [0.5, 0.6) is 11.5 Å². The minimum absolute atomic E-state index is 0.0107. The number of benzene rings is 3. The van der Waals surface area contributed by atoms with Crippen molar-refractivity contribution in [3.05, 3.63) is 82.7 Å².